The third kappa shape index (κ3) is 3.59. The first-order valence-electron chi connectivity index (χ1n) is 8.80. The molecule has 3 aromatic heterocycles. The minimum atomic E-state index is -1.30. The highest BCUT2D eigenvalue weighted by Gasteiger charge is 2.42. The SMILES string of the molecule is Cc1oc(=O)oc1COc1nc(N)nc2c1sc(=O)n2CC1O[C@H](CO)[C@@H](O)[C@H]1O. The summed E-state index contributed by atoms with van der Waals surface area (Å²) in [7, 11) is 0. The number of anilines is 1. The number of fused-ring (bicyclic) bond motifs is 1. The number of nitrogen functional groups attached to an aromatic ring is 1. The van der Waals surface area contributed by atoms with Crippen LogP contribution < -0.4 is 21.2 Å². The first-order chi connectivity index (χ1) is 14.3. The van der Waals surface area contributed by atoms with E-state index in [9.17, 15) is 24.9 Å². The van der Waals surface area contributed by atoms with E-state index in [1.807, 2.05) is 0 Å². The minimum absolute atomic E-state index is 0.00255. The van der Waals surface area contributed by atoms with Gasteiger partial charge in [-0.15, -0.1) is 0 Å². The molecular weight excluding hydrogens is 424 g/mol. The monoisotopic (exact) mass is 442 g/mol. The number of aromatic nitrogens is 3. The molecule has 162 valence electrons. The zero-order valence-corrected chi connectivity index (χ0v) is 16.4. The van der Waals surface area contributed by atoms with Gasteiger partial charge in [0.05, 0.1) is 13.2 Å². The smallest absolute Gasteiger partial charge is 0.468 e. The molecule has 13 nitrogen and oxygen atoms in total. The Kier molecular flexibility index (Phi) is 5.33. The lowest BCUT2D eigenvalue weighted by molar-refractivity contribution is -0.0263. The largest absolute Gasteiger partial charge is 0.519 e. The van der Waals surface area contributed by atoms with Crippen LogP contribution in [0.4, 0.5) is 5.95 Å². The van der Waals surface area contributed by atoms with Crippen molar-refractivity contribution in [1.29, 1.82) is 0 Å². The van der Waals surface area contributed by atoms with Crippen molar-refractivity contribution in [2.45, 2.75) is 44.5 Å². The number of thiazole rings is 1. The van der Waals surface area contributed by atoms with Crippen molar-refractivity contribution >= 4 is 27.6 Å². The fraction of sp³-hybridized carbons (Fsp3) is 0.500. The molecular formula is C16H18N4O9S. The molecule has 1 aliphatic heterocycles. The summed E-state index contributed by atoms with van der Waals surface area (Å²) < 4.78 is 22.1. The lowest BCUT2D eigenvalue weighted by atomic mass is 10.1. The predicted molar refractivity (Wildman–Crippen MR) is 100 cm³/mol. The van der Waals surface area contributed by atoms with Crippen molar-refractivity contribution in [3.8, 4) is 5.88 Å². The average Bonchev–Trinajstić information content (AvgIpc) is 3.29. The van der Waals surface area contributed by atoms with E-state index in [-0.39, 0.29) is 46.8 Å². The minimum Gasteiger partial charge on any atom is -0.468 e. The van der Waals surface area contributed by atoms with Gasteiger partial charge in [0.25, 0.3) is 0 Å². The third-order valence-electron chi connectivity index (χ3n) is 4.68. The van der Waals surface area contributed by atoms with E-state index >= 15 is 0 Å². The van der Waals surface area contributed by atoms with Crippen LogP contribution >= 0.6 is 11.3 Å². The van der Waals surface area contributed by atoms with Gasteiger partial charge in [-0.25, -0.2) is 4.79 Å². The van der Waals surface area contributed by atoms with Crippen LogP contribution in [0.1, 0.15) is 11.5 Å². The normalized spacial score (nSPS) is 24.0. The maximum Gasteiger partial charge on any atom is 0.519 e. The van der Waals surface area contributed by atoms with Crippen molar-refractivity contribution in [2.24, 2.45) is 0 Å². The summed E-state index contributed by atoms with van der Waals surface area (Å²) in [5.74, 6) is -0.636. The topological polar surface area (TPSA) is 196 Å². The van der Waals surface area contributed by atoms with E-state index in [0.29, 0.717) is 0 Å². The summed E-state index contributed by atoms with van der Waals surface area (Å²) in [5, 5.41) is 29.3. The molecule has 0 aromatic carbocycles. The molecule has 1 saturated heterocycles. The summed E-state index contributed by atoms with van der Waals surface area (Å²) in [6.07, 6.45) is -4.49. The van der Waals surface area contributed by atoms with Gasteiger partial charge in [0.15, 0.2) is 23.8 Å². The Hall–Kier alpha value is -2.78. The number of aliphatic hydroxyl groups is 3. The number of hydrogen-bond acceptors (Lipinski definition) is 13. The number of nitrogens with two attached hydrogens (primary N) is 1. The van der Waals surface area contributed by atoms with Crippen LogP contribution in [0.2, 0.25) is 0 Å². The van der Waals surface area contributed by atoms with E-state index in [1.54, 1.807) is 0 Å². The Bertz CT molecular complexity index is 1180. The maximum atomic E-state index is 12.6. The molecule has 14 heteroatoms. The molecule has 0 radical (unpaired) electrons. The second kappa shape index (κ2) is 7.81. The Labute approximate surface area is 170 Å². The molecule has 4 atom stereocenters. The van der Waals surface area contributed by atoms with Gasteiger partial charge in [-0.3, -0.25) is 9.36 Å². The summed E-state index contributed by atoms with van der Waals surface area (Å²) in [6.45, 7) is 0.719. The number of aliphatic hydroxyl groups excluding tert-OH is 3. The summed E-state index contributed by atoms with van der Waals surface area (Å²) in [6, 6.07) is 0. The molecule has 4 heterocycles. The van der Waals surface area contributed by atoms with Crippen LogP contribution in [0, 0.1) is 6.92 Å². The van der Waals surface area contributed by atoms with E-state index in [0.717, 1.165) is 11.3 Å². The van der Waals surface area contributed by atoms with Gasteiger partial charge in [-0.1, -0.05) is 11.3 Å². The molecule has 0 aliphatic carbocycles. The second-order valence-electron chi connectivity index (χ2n) is 6.62. The fourth-order valence-electron chi connectivity index (χ4n) is 3.14. The summed E-state index contributed by atoms with van der Waals surface area (Å²) in [5.41, 5.74) is 5.90. The van der Waals surface area contributed by atoms with Gasteiger partial charge in [0.1, 0.15) is 29.1 Å². The molecule has 0 bridgehead atoms. The van der Waals surface area contributed by atoms with Crippen molar-refractivity contribution < 1.29 is 33.6 Å². The first kappa shape index (κ1) is 20.5. The van der Waals surface area contributed by atoms with Crippen LogP contribution in [0.5, 0.6) is 5.88 Å². The third-order valence-corrected chi connectivity index (χ3v) is 5.64. The average molecular weight is 442 g/mol. The number of rotatable bonds is 6. The molecule has 5 N–H and O–H groups in total. The lowest BCUT2D eigenvalue weighted by Gasteiger charge is -2.15. The standard InChI is InChI=1S/C16H18N4O9S/c1-5-8(29-16(25)27-5)4-26-13-11-12(18-14(17)19-13)20(15(24)30-11)2-6-9(22)10(23)7(3-21)28-6/h6-7,9-10,21-23H,2-4H2,1H3,(H2,17,18,19)/t6?,7-,9+,10-/m1/s1. The number of nitrogens with zero attached hydrogens (tertiary/aromatic N) is 3. The van der Waals surface area contributed by atoms with Gasteiger partial charge < -0.3 is 39.4 Å². The maximum absolute atomic E-state index is 12.6. The van der Waals surface area contributed by atoms with Gasteiger partial charge in [0.2, 0.25) is 11.8 Å². The molecule has 30 heavy (non-hydrogen) atoms. The van der Waals surface area contributed by atoms with E-state index in [2.05, 4.69) is 9.97 Å². The van der Waals surface area contributed by atoms with Gasteiger partial charge in [-0.2, -0.15) is 9.97 Å². The number of hydrogen-bond donors (Lipinski definition) is 4. The molecule has 1 unspecified atom stereocenters. The molecule has 1 fully saturated rings. The number of ether oxygens (including phenoxy) is 2. The quantitative estimate of drug-likeness (QED) is 0.340. The zero-order chi connectivity index (χ0) is 21.6. The highest BCUT2D eigenvalue weighted by molar-refractivity contribution is 7.16. The molecule has 4 rings (SSSR count). The lowest BCUT2D eigenvalue weighted by Crippen LogP contribution is -2.36. The Morgan fingerprint density at radius 2 is 1.93 bits per heavy atom. The molecule has 0 saturated carbocycles. The van der Waals surface area contributed by atoms with Crippen LogP contribution in [0.15, 0.2) is 18.4 Å². The Balaban J connectivity index is 1.64. The van der Waals surface area contributed by atoms with Gasteiger partial charge >= 0.3 is 10.7 Å². The van der Waals surface area contributed by atoms with E-state index in [1.165, 1.54) is 11.5 Å². The molecule has 0 spiro atoms. The highest BCUT2D eigenvalue weighted by Crippen LogP contribution is 2.29. The molecule has 1 aliphatic rings. The van der Waals surface area contributed by atoms with Crippen molar-refractivity contribution in [3.05, 3.63) is 31.8 Å². The van der Waals surface area contributed by atoms with Crippen LogP contribution in [-0.2, 0) is 17.9 Å². The van der Waals surface area contributed by atoms with Gasteiger partial charge in [-0.05, 0) is 6.92 Å². The summed E-state index contributed by atoms with van der Waals surface area (Å²) >= 11 is 0.788. The van der Waals surface area contributed by atoms with Crippen LogP contribution in [-0.4, -0.2) is 60.9 Å². The van der Waals surface area contributed by atoms with Crippen molar-refractivity contribution in [2.75, 3.05) is 12.3 Å². The van der Waals surface area contributed by atoms with E-state index < -0.39 is 41.7 Å². The van der Waals surface area contributed by atoms with Crippen LogP contribution in [0.3, 0.4) is 0 Å². The Morgan fingerprint density at radius 1 is 1.20 bits per heavy atom. The Morgan fingerprint density at radius 3 is 2.57 bits per heavy atom. The molecule has 0 amide bonds. The predicted octanol–water partition coefficient (Wildman–Crippen LogP) is -1.65. The van der Waals surface area contributed by atoms with E-state index in [4.69, 9.17) is 24.0 Å². The zero-order valence-electron chi connectivity index (χ0n) is 15.5. The first-order valence-corrected chi connectivity index (χ1v) is 9.61. The van der Waals surface area contributed by atoms with Crippen LogP contribution in [0.25, 0.3) is 10.3 Å². The second-order valence-corrected chi connectivity index (χ2v) is 7.58. The van der Waals surface area contributed by atoms with Crippen molar-refractivity contribution in [1.82, 2.24) is 14.5 Å². The fourth-order valence-corrected chi connectivity index (χ4v) is 4.03. The number of aryl methyl sites for hydroxylation is 1. The van der Waals surface area contributed by atoms with Crippen molar-refractivity contribution in [3.63, 3.8) is 0 Å². The van der Waals surface area contributed by atoms with Gasteiger partial charge in [0, 0.05) is 0 Å². The molecule has 3 aromatic rings. The highest BCUT2D eigenvalue weighted by atomic mass is 32.1. The summed E-state index contributed by atoms with van der Waals surface area (Å²) in [4.78, 5) is 31.3.